The highest BCUT2D eigenvalue weighted by atomic mass is 32.2. The molecule has 2 aromatic carbocycles. The van der Waals surface area contributed by atoms with Gasteiger partial charge >= 0.3 is 0 Å². The fourth-order valence-corrected chi connectivity index (χ4v) is 3.97. The van der Waals surface area contributed by atoms with E-state index >= 15 is 0 Å². The van der Waals surface area contributed by atoms with Crippen molar-refractivity contribution in [3.05, 3.63) is 64.3 Å². The van der Waals surface area contributed by atoms with Gasteiger partial charge in [-0.25, -0.2) is 18.5 Å². The molecule has 0 fully saturated rings. The molecule has 0 amide bonds. The van der Waals surface area contributed by atoms with Gasteiger partial charge in [0.2, 0.25) is 10.0 Å². The topological polar surface area (TPSA) is 77.5 Å². The van der Waals surface area contributed by atoms with Crippen LogP contribution in [0.2, 0.25) is 0 Å². The van der Waals surface area contributed by atoms with Crippen LogP contribution in [0.3, 0.4) is 0 Å². The summed E-state index contributed by atoms with van der Waals surface area (Å²) in [4.78, 5) is 5.56. The van der Waals surface area contributed by atoms with Crippen LogP contribution >= 0.6 is 11.3 Å². The molecule has 0 unspecified atom stereocenters. The molecule has 0 saturated carbocycles. The first-order valence-electron chi connectivity index (χ1n) is 7.24. The Labute approximate surface area is 144 Å². The zero-order valence-electron chi connectivity index (χ0n) is 13.3. The standard InChI is InChI=1S/C17H17N3O2S2/c1-12-8-13(10-15(9-12)24(18,21)22)16-11-23-17(20(16)2)19-14-6-4-3-5-7-14/h3-11H,1-2H3,(H2,18,21,22). The van der Waals surface area contributed by atoms with Gasteiger partial charge in [0.1, 0.15) is 0 Å². The molecule has 0 aliphatic heterocycles. The van der Waals surface area contributed by atoms with Crippen molar-refractivity contribution < 1.29 is 8.42 Å². The first-order chi connectivity index (χ1) is 11.3. The minimum atomic E-state index is -3.74. The summed E-state index contributed by atoms with van der Waals surface area (Å²) in [6.07, 6.45) is 0. The lowest BCUT2D eigenvalue weighted by Gasteiger charge is -2.07. The Kier molecular flexibility index (Phi) is 4.40. The molecular formula is C17H17N3O2S2. The predicted molar refractivity (Wildman–Crippen MR) is 96.5 cm³/mol. The monoisotopic (exact) mass is 359 g/mol. The lowest BCUT2D eigenvalue weighted by atomic mass is 10.1. The third-order valence-electron chi connectivity index (χ3n) is 3.58. The van der Waals surface area contributed by atoms with Crippen LogP contribution in [0.4, 0.5) is 5.69 Å². The fourth-order valence-electron chi connectivity index (χ4n) is 2.41. The van der Waals surface area contributed by atoms with Crippen LogP contribution in [-0.2, 0) is 17.1 Å². The highest BCUT2D eigenvalue weighted by Crippen LogP contribution is 2.24. The maximum atomic E-state index is 11.7. The van der Waals surface area contributed by atoms with E-state index in [2.05, 4.69) is 4.99 Å². The fraction of sp³-hybridized carbons (Fsp3) is 0.118. The molecule has 0 aliphatic carbocycles. The van der Waals surface area contributed by atoms with E-state index in [0.29, 0.717) is 0 Å². The average Bonchev–Trinajstić information content (AvgIpc) is 2.88. The molecule has 0 atom stereocenters. The first kappa shape index (κ1) is 16.6. The van der Waals surface area contributed by atoms with E-state index in [1.54, 1.807) is 12.1 Å². The third-order valence-corrected chi connectivity index (χ3v) is 5.39. The van der Waals surface area contributed by atoms with Crippen molar-refractivity contribution >= 4 is 27.0 Å². The second-order valence-corrected chi connectivity index (χ2v) is 7.89. The molecular weight excluding hydrogens is 342 g/mol. The largest absolute Gasteiger partial charge is 0.320 e. The molecule has 1 aromatic heterocycles. The van der Waals surface area contributed by atoms with Gasteiger partial charge in [0.05, 0.1) is 16.3 Å². The number of thiazole rings is 1. The van der Waals surface area contributed by atoms with E-state index in [1.807, 2.05) is 60.3 Å². The van der Waals surface area contributed by atoms with Crippen molar-refractivity contribution in [2.75, 3.05) is 0 Å². The van der Waals surface area contributed by atoms with Gasteiger partial charge in [0, 0.05) is 18.0 Å². The Balaban J connectivity index is 2.13. The van der Waals surface area contributed by atoms with Gasteiger partial charge in [-0.3, -0.25) is 0 Å². The van der Waals surface area contributed by atoms with E-state index in [1.165, 1.54) is 11.3 Å². The maximum absolute atomic E-state index is 11.7. The van der Waals surface area contributed by atoms with Gasteiger partial charge in [-0.2, -0.15) is 0 Å². The van der Waals surface area contributed by atoms with E-state index in [9.17, 15) is 8.42 Å². The van der Waals surface area contributed by atoms with Gasteiger partial charge in [-0.15, -0.1) is 11.3 Å². The number of para-hydroxylation sites is 1. The molecule has 3 aromatic rings. The Hall–Kier alpha value is -2.22. The zero-order valence-corrected chi connectivity index (χ0v) is 14.9. The number of aromatic nitrogens is 1. The molecule has 0 aliphatic rings. The van der Waals surface area contributed by atoms with Crippen molar-refractivity contribution in [1.29, 1.82) is 0 Å². The molecule has 0 saturated heterocycles. The quantitative estimate of drug-likeness (QED) is 0.780. The molecule has 24 heavy (non-hydrogen) atoms. The molecule has 0 bridgehead atoms. The smallest absolute Gasteiger partial charge is 0.238 e. The summed E-state index contributed by atoms with van der Waals surface area (Å²) in [5, 5.41) is 7.23. The number of benzene rings is 2. The Bertz CT molecular complexity index is 1050. The summed E-state index contributed by atoms with van der Waals surface area (Å²) in [5.74, 6) is 0. The molecule has 2 N–H and O–H groups in total. The van der Waals surface area contributed by atoms with Crippen LogP contribution in [0, 0.1) is 6.92 Å². The Morgan fingerprint density at radius 2 is 1.83 bits per heavy atom. The van der Waals surface area contributed by atoms with Crippen LogP contribution in [-0.4, -0.2) is 13.0 Å². The lowest BCUT2D eigenvalue weighted by molar-refractivity contribution is 0.597. The average molecular weight is 359 g/mol. The number of sulfonamides is 1. The van der Waals surface area contributed by atoms with Crippen LogP contribution in [0.25, 0.3) is 11.3 Å². The summed E-state index contributed by atoms with van der Waals surface area (Å²) < 4.78 is 25.3. The number of nitrogens with two attached hydrogens (primary N) is 1. The normalized spacial score (nSPS) is 12.5. The summed E-state index contributed by atoms with van der Waals surface area (Å²) in [6.45, 7) is 1.85. The van der Waals surface area contributed by atoms with Crippen molar-refractivity contribution in [3.63, 3.8) is 0 Å². The van der Waals surface area contributed by atoms with Gasteiger partial charge in [-0.1, -0.05) is 18.2 Å². The molecule has 5 nitrogen and oxygen atoms in total. The first-order valence-corrected chi connectivity index (χ1v) is 9.66. The number of aryl methyl sites for hydroxylation is 1. The van der Waals surface area contributed by atoms with Crippen molar-refractivity contribution in [2.24, 2.45) is 17.2 Å². The third kappa shape index (κ3) is 3.48. The Morgan fingerprint density at radius 3 is 2.50 bits per heavy atom. The number of primary sulfonamides is 1. The molecule has 7 heteroatoms. The van der Waals surface area contributed by atoms with Gasteiger partial charge < -0.3 is 4.57 Å². The van der Waals surface area contributed by atoms with Gasteiger partial charge in [0.25, 0.3) is 0 Å². The van der Waals surface area contributed by atoms with E-state index in [0.717, 1.165) is 27.3 Å². The summed E-state index contributed by atoms with van der Waals surface area (Å²) in [7, 11) is -1.83. The summed E-state index contributed by atoms with van der Waals surface area (Å²) >= 11 is 1.50. The zero-order chi connectivity index (χ0) is 17.3. The molecule has 1 heterocycles. The molecule has 0 spiro atoms. The minimum Gasteiger partial charge on any atom is -0.320 e. The summed E-state index contributed by atoms with van der Waals surface area (Å²) in [6, 6.07) is 14.8. The van der Waals surface area contributed by atoms with Gasteiger partial charge in [0.15, 0.2) is 4.80 Å². The highest BCUT2D eigenvalue weighted by Gasteiger charge is 2.12. The highest BCUT2D eigenvalue weighted by molar-refractivity contribution is 7.89. The summed E-state index contributed by atoms with van der Waals surface area (Å²) in [5.41, 5.74) is 3.40. The van der Waals surface area contributed by atoms with Crippen molar-refractivity contribution in [3.8, 4) is 11.3 Å². The van der Waals surface area contributed by atoms with Crippen LogP contribution in [0.5, 0.6) is 0 Å². The predicted octanol–water partition coefficient (Wildman–Crippen LogP) is 2.94. The van der Waals surface area contributed by atoms with Crippen LogP contribution < -0.4 is 9.94 Å². The maximum Gasteiger partial charge on any atom is 0.238 e. The van der Waals surface area contributed by atoms with Crippen LogP contribution in [0.15, 0.2) is 63.8 Å². The number of rotatable bonds is 3. The SMILES string of the molecule is Cc1cc(-c2csc(=Nc3ccccc3)n2C)cc(S(N)(=O)=O)c1. The molecule has 0 radical (unpaired) electrons. The number of nitrogens with zero attached hydrogens (tertiary/aromatic N) is 2. The Morgan fingerprint density at radius 1 is 1.12 bits per heavy atom. The van der Waals surface area contributed by atoms with Gasteiger partial charge in [-0.05, 0) is 42.8 Å². The number of hydrogen-bond donors (Lipinski definition) is 1. The second-order valence-electron chi connectivity index (χ2n) is 5.49. The van der Waals surface area contributed by atoms with E-state index in [-0.39, 0.29) is 4.90 Å². The van der Waals surface area contributed by atoms with E-state index < -0.39 is 10.0 Å². The van der Waals surface area contributed by atoms with E-state index in [4.69, 9.17) is 5.14 Å². The van der Waals surface area contributed by atoms with Crippen molar-refractivity contribution in [2.45, 2.75) is 11.8 Å². The van der Waals surface area contributed by atoms with Crippen LogP contribution in [0.1, 0.15) is 5.56 Å². The van der Waals surface area contributed by atoms with Crippen molar-refractivity contribution in [1.82, 2.24) is 4.57 Å². The molecule has 124 valence electrons. The molecule has 3 rings (SSSR count). The number of hydrogen-bond acceptors (Lipinski definition) is 4. The second kappa shape index (κ2) is 6.35. The lowest BCUT2D eigenvalue weighted by Crippen LogP contribution is -2.13. The minimum absolute atomic E-state index is 0.116.